The normalized spacial score (nSPS) is 13.4. The van der Waals surface area contributed by atoms with E-state index in [9.17, 15) is 9.59 Å². The van der Waals surface area contributed by atoms with E-state index in [1.807, 2.05) is 37.3 Å². The van der Waals surface area contributed by atoms with Crippen molar-refractivity contribution in [2.24, 2.45) is 0 Å². The molecule has 5 rings (SSSR count). The van der Waals surface area contributed by atoms with E-state index in [1.165, 1.54) is 10.5 Å². The SMILES string of the molecule is Cc1ccc2nc(COC(=O)c3c4c(nc5ccccc35)CCCC4)cc(=O)n2c1. The van der Waals surface area contributed by atoms with Crippen LogP contribution >= 0.6 is 0 Å². The van der Waals surface area contributed by atoms with Gasteiger partial charge in [0.15, 0.2) is 0 Å². The second kappa shape index (κ2) is 7.37. The van der Waals surface area contributed by atoms with Crippen LogP contribution in [0.4, 0.5) is 0 Å². The number of rotatable bonds is 3. The minimum atomic E-state index is -0.391. The predicted octanol–water partition coefficient (Wildman–Crippen LogP) is 3.79. The maximum atomic E-state index is 13.1. The topological polar surface area (TPSA) is 73.6 Å². The highest BCUT2D eigenvalue weighted by Gasteiger charge is 2.23. The zero-order chi connectivity index (χ0) is 20.7. The summed E-state index contributed by atoms with van der Waals surface area (Å²) in [5.41, 5.74) is 5.14. The number of carbonyl (C=O) groups is 1. The molecule has 0 N–H and O–H groups in total. The van der Waals surface area contributed by atoms with E-state index >= 15 is 0 Å². The fraction of sp³-hybridized carbons (Fsp3) is 0.250. The molecule has 0 saturated heterocycles. The van der Waals surface area contributed by atoms with Gasteiger partial charge in [-0.25, -0.2) is 9.78 Å². The number of hydrogen-bond acceptors (Lipinski definition) is 5. The van der Waals surface area contributed by atoms with Crippen molar-refractivity contribution in [2.45, 2.75) is 39.2 Å². The third-order valence-corrected chi connectivity index (χ3v) is 5.59. The molecule has 0 bridgehead atoms. The second-order valence-electron chi connectivity index (χ2n) is 7.73. The summed E-state index contributed by atoms with van der Waals surface area (Å²) in [7, 11) is 0. The van der Waals surface area contributed by atoms with Gasteiger partial charge < -0.3 is 4.74 Å². The lowest BCUT2D eigenvalue weighted by Gasteiger charge is -2.20. The summed E-state index contributed by atoms with van der Waals surface area (Å²) in [6, 6.07) is 12.8. The molecule has 3 heterocycles. The highest BCUT2D eigenvalue weighted by atomic mass is 16.5. The lowest BCUT2D eigenvalue weighted by Crippen LogP contribution is -2.18. The largest absolute Gasteiger partial charge is 0.456 e. The molecule has 0 atom stereocenters. The quantitative estimate of drug-likeness (QED) is 0.490. The fourth-order valence-electron chi connectivity index (χ4n) is 4.15. The average Bonchev–Trinajstić information content (AvgIpc) is 2.76. The maximum absolute atomic E-state index is 13.1. The van der Waals surface area contributed by atoms with Crippen LogP contribution in [0.3, 0.4) is 0 Å². The number of ether oxygens (including phenoxy) is 1. The molecule has 0 fully saturated rings. The summed E-state index contributed by atoms with van der Waals surface area (Å²) in [6.45, 7) is 1.87. The molecule has 4 aromatic rings. The molecule has 6 heteroatoms. The number of fused-ring (bicyclic) bond motifs is 3. The number of benzene rings is 1. The van der Waals surface area contributed by atoms with Crippen LogP contribution in [0.5, 0.6) is 0 Å². The van der Waals surface area contributed by atoms with Crippen molar-refractivity contribution in [2.75, 3.05) is 0 Å². The third kappa shape index (κ3) is 3.24. The number of pyridine rings is 2. The number of esters is 1. The zero-order valence-electron chi connectivity index (χ0n) is 16.7. The first kappa shape index (κ1) is 18.5. The summed E-state index contributed by atoms with van der Waals surface area (Å²) in [5.74, 6) is -0.391. The van der Waals surface area contributed by atoms with E-state index in [1.54, 1.807) is 12.3 Å². The van der Waals surface area contributed by atoms with Crippen LogP contribution in [0.2, 0.25) is 0 Å². The van der Waals surface area contributed by atoms with Crippen molar-refractivity contribution in [3.8, 4) is 0 Å². The average molecular weight is 399 g/mol. The Morgan fingerprint density at radius 1 is 1.10 bits per heavy atom. The molecular weight excluding hydrogens is 378 g/mol. The van der Waals surface area contributed by atoms with E-state index in [2.05, 4.69) is 4.98 Å². The van der Waals surface area contributed by atoms with Crippen molar-refractivity contribution < 1.29 is 9.53 Å². The summed E-state index contributed by atoms with van der Waals surface area (Å²) in [4.78, 5) is 34.8. The first-order valence-electron chi connectivity index (χ1n) is 10.2. The van der Waals surface area contributed by atoms with Crippen LogP contribution in [0.15, 0.2) is 53.5 Å². The number of carbonyl (C=O) groups excluding carboxylic acids is 1. The standard InChI is InChI=1S/C24H21N3O3/c1-15-10-11-21-25-16(12-22(28)27(21)13-15)14-30-24(29)23-17-6-2-4-8-19(17)26-20-9-5-3-7-18(20)23/h2,4,6,8,10-13H,3,5,7,9,14H2,1H3. The van der Waals surface area contributed by atoms with Gasteiger partial charge in [0.25, 0.3) is 5.56 Å². The van der Waals surface area contributed by atoms with E-state index in [-0.39, 0.29) is 12.2 Å². The Balaban J connectivity index is 1.49. The molecule has 0 unspecified atom stereocenters. The Hall–Kier alpha value is -3.54. The molecule has 150 valence electrons. The molecule has 0 saturated carbocycles. The summed E-state index contributed by atoms with van der Waals surface area (Å²) in [5, 5.41) is 0.810. The van der Waals surface area contributed by atoms with Crippen LogP contribution in [-0.2, 0) is 24.2 Å². The maximum Gasteiger partial charge on any atom is 0.339 e. The Kier molecular flexibility index (Phi) is 4.54. The van der Waals surface area contributed by atoms with E-state index in [0.717, 1.165) is 53.4 Å². The Morgan fingerprint density at radius 2 is 1.93 bits per heavy atom. The van der Waals surface area contributed by atoms with Crippen molar-refractivity contribution in [1.82, 2.24) is 14.4 Å². The Morgan fingerprint density at radius 3 is 2.83 bits per heavy atom. The summed E-state index contributed by atoms with van der Waals surface area (Å²) >= 11 is 0. The van der Waals surface area contributed by atoms with Crippen LogP contribution in [0, 0.1) is 6.92 Å². The summed E-state index contributed by atoms with van der Waals surface area (Å²) < 4.78 is 7.13. The van der Waals surface area contributed by atoms with Gasteiger partial charge in [0.05, 0.1) is 16.8 Å². The molecule has 0 aliphatic heterocycles. The van der Waals surface area contributed by atoms with Gasteiger partial charge in [-0.2, -0.15) is 0 Å². The van der Waals surface area contributed by atoms with Crippen molar-refractivity contribution in [3.63, 3.8) is 0 Å². The van der Waals surface area contributed by atoms with E-state index in [4.69, 9.17) is 9.72 Å². The number of nitrogens with zero attached hydrogens (tertiary/aromatic N) is 3. The van der Waals surface area contributed by atoms with Gasteiger partial charge >= 0.3 is 5.97 Å². The van der Waals surface area contributed by atoms with Gasteiger partial charge in [-0.1, -0.05) is 24.3 Å². The minimum Gasteiger partial charge on any atom is -0.456 e. The molecule has 0 radical (unpaired) electrons. The number of aryl methyl sites for hydroxylation is 2. The molecular formula is C24H21N3O3. The van der Waals surface area contributed by atoms with Crippen LogP contribution in [0.1, 0.15) is 45.7 Å². The molecule has 0 spiro atoms. The smallest absolute Gasteiger partial charge is 0.339 e. The highest BCUT2D eigenvalue weighted by molar-refractivity contribution is 6.05. The molecule has 6 nitrogen and oxygen atoms in total. The van der Waals surface area contributed by atoms with E-state index < -0.39 is 5.97 Å². The fourth-order valence-corrected chi connectivity index (χ4v) is 4.15. The number of hydrogen-bond donors (Lipinski definition) is 0. The lowest BCUT2D eigenvalue weighted by molar-refractivity contribution is 0.0468. The molecule has 3 aromatic heterocycles. The lowest BCUT2D eigenvalue weighted by atomic mass is 9.90. The molecule has 1 aliphatic carbocycles. The van der Waals surface area contributed by atoms with Gasteiger partial charge in [0.2, 0.25) is 0 Å². The van der Waals surface area contributed by atoms with E-state index in [0.29, 0.717) is 16.9 Å². The van der Waals surface area contributed by atoms with Gasteiger partial charge in [-0.3, -0.25) is 14.2 Å². The monoisotopic (exact) mass is 399 g/mol. The molecule has 1 aliphatic rings. The molecule has 0 amide bonds. The van der Waals surface area contributed by atoms with Crippen LogP contribution in [0.25, 0.3) is 16.6 Å². The second-order valence-corrected chi connectivity index (χ2v) is 7.73. The van der Waals surface area contributed by atoms with Crippen molar-refractivity contribution in [1.29, 1.82) is 0 Å². The Labute approximate surface area is 173 Å². The molecule has 30 heavy (non-hydrogen) atoms. The molecule has 1 aromatic carbocycles. The van der Waals surface area contributed by atoms with Crippen LogP contribution in [-0.4, -0.2) is 20.3 Å². The number of aromatic nitrogens is 3. The zero-order valence-corrected chi connectivity index (χ0v) is 16.7. The van der Waals surface area contributed by atoms with Gasteiger partial charge in [0.1, 0.15) is 12.3 Å². The highest BCUT2D eigenvalue weighted by Crippen LogP contribution is 2.30. The van der Waals surface area contributed by atoms with Gasteiger partial charge in [-0.15, -0.1) is 0 Å². The first-order valence-corrected chi connectivity index (χ1v) is 10.2. The summed E-state index contributed by atoms with van der Waals surface area (Å²) in [6.07, 6.45) is 5.57. The van der Waals surface area contributed by atoms with Gasteiger partial charge in [-0.05, 0) is 55.9 Å². The minimum absolute atomic E-state index is 0.0517. The van der Waals surface area contributed by atoms with Crippen LogP contribution < -0.4 is 5.56 Å². The van der Waals surface area contributed by atoms with Gasteiger partial charge in [0, 0.05) is 23.3 Å². The van der Waals surface area contributed by atoms with Crippen molar-refractivity contribution >= 4 is 22.5 Å². The van der Waals surface area contributed by atoms with Crippen molar-refractivity contribution in [3.05, 3.63) is 87.1 Å². The predicted molar refractivity (Wildman–Crippen MR) is 114 cm³/mol. The first-order chi connectivity index (χ1) is 14.6. The number of para-hydroxylation sites is 1. The third-order valence-electron chi connectivity index (χ3n) is 5.59. The Bertz CT molecular complexity index is 1360.